The molecule has 0 amide bonds. The van der Waals surface area contributed by atoms with Gasteiger partial charge in [-0.05, 0) is 18.1 Å². The zero-order valence-electron chi connectivity index (χ0n) is 8.75. The van der Waals surface area contributed by atoms with Crippen molar-refractivity contribution in [2.45, 2.75) is 39.5 Å². The third-order valence-corrected chi connectivity index (χ3v) is 1.76. The second-order valence-electron chi connectivity index (χ2n) is 3.90. The predicted molar refractivity (Wildman–Crippen MR) is 51.3 cm³/mol. The molecule has 0 aliphatic rings. The second-order valence-corrected chi connectivity index (χ2v) is 3.90. The average Bonchev–Trinajstić information content (AvgIpc) is 2.50. The first kappa shape index (κ1) is 11.1. The molecule has 0 spiro atoms. The Morgan fingerprint density at radius 3 is 2.57 bits per heavy atom. The molecule has 0 radical (unpaired) electrons. The summed E-state index contributed by atoms with van der Waals surface area (Å²) in [4.78, 5) is 1.48. The first-order chi connectivity index (χ1) is 6.50. The third-order valence-electron chi connectivity index (χ3n) is 1.76. The minimum atomic E-state index is -0.837. The van der Waals surface area contributed by atoms with Crippen LogP contribution in [-0.2, 0) is 6.54 Å². The van der Waals surface area contributed by atoms with Gasteiger partial charge < -0.3 is 10.8 Å². The summed E-state index contributed by atoms with van der Waals surface area (Å²) in [6.07, 6.45) is -0.837. The van der Waals surface area contributed by atoms with E-state index >= 15 is 0 Å². The van der Waals surface area contributed by atoms with E-state index < -0.39 is 6.10 Å². The Labute approximate surface area is 83.1 Å². The Morgan fingerprint density at radius 1 is 1.43 bits per heavy atom. The van der Waals surface area contributed by atoms with Crippen molar-refractivity contribution in [3.05, 3.63) is 5.82 Å². The van der Waals surface area contributed by atoms with Gasteiger partial charge in [0.25, 0.3) is 0 Å². The van der Waals surface area contributed by atoms with Crippen LogP contribution in [0.4, 0.5) is 0 Å². The number of hydrogen-bond acceptors (Lipinski definition) is 5. The smallest absolute Gasteiger partial charge is 0.204 e. The van der Waals surface area contributed by atoms with Gasteiger partial charge in [0.15, 0.2) is 0 Å². The fraction of sp³-hybridized carbons (Fsp3) is 0.875. The van der Waals surface area contributed by atoms with E-state index in [1.165, 1.54) is 4.80 Å². The first-order valence-electron chi connectivity index (χ1n) is 4.72. The van der Waals surface area contributed by atoms with Gasteiger partial charge in [-0.1, -0.05) is 13.8 Å². The number of rotatable bonds is 4. The number of aromatic nitrogens is 4. The second kappa shape index (κ2) is 4.47. The molecular weight excluding hydrogens is 182 g/mol. The minimum absolute atomic E-state index is 0.292. The lowest BCUT2D eigenvalue weighted by molar-refractivity contribution is 0.143. The van der Waals surface area contributed by atoms with Crippen molar-refractivity contribution in [3.8, 4) is 0 Å². The lowest BCUT2D eigenvalue weighted by Gasteiger charge is -2.08. The number of nitrogens with zero attached hydrogens (tertiary/aromatic N) is 4. The maximum absolute atomic E-state index is 9.54. The van der Waals surface area contributed by atoms with E-state index in [9.17, 15) is 5.11 Å². The average molecular weight is 199 g/mol. The molecular formula is C8H17N5O. The van der Waals surface area contributed by atoms with Gasteiger partial charge in [0, 0.05) is 6.04 Å². The molecule has 14 heavy (non-hydrogen) atoms. The van der Waals surface area contributed by atoms with Crippen LogP contribution >= 0.6 is 0 Å². The number of aliphatic hydroxyl groups is 1. The molecule has 6 heteroatoms. The first-order valence-corrected chi connectivity index (χ1v) is 4.72. The van der Waals surface area contributed by atoms with Gasteiger partial charge in [-0.25, -0.2) is 0 Å². The topological polar surface area (TPSA) is 89.8 Å². The molecule has 80 valence electrons. The summed E-state index contributed by atoms with van der Waals surface area (Å²) in [6, 6.07) is -0.383. The highest BCUT2D eigenvalue weighted by Gasteiger charge is 2.18. The maximum Gasteiger partial charge on any atom is 0.204 e. The molecule has 0 aromatic carbocycles. The summed E-state index contributed by atoms with van der Waals surface area (Å²) in [5.41, 5.74) is 5.51. The Bertz CT molecular complexity index is 283. The summed E-state index contributed by atoms with van der Waals surface area (Å²) in [7, 11) is 0. The van der Waals surface area contributed by atoms with Crippen molar-refractivity contribution in [1.29, 1.82) is 0 Å². The molecule has 1 aromatic heterocycles. The SMILES string of the molecule is CC(C)Cn1nnc(C(O)C(C)N)n1. The van der Waals surface area contributed by atoms with Crippen LogP contribution in [0.3, 0.4) is 0 Å². The van der Waals surface area contributed by atoms with Crippen LogP contribution in [0.25, 0.3) is 0 Å². The van der Waals surface area contributed by atoms with Crippen LogP contribution in [0.5, 0.6) is 0 Å². The standard InChI is InChI=1S/C8H17N5O/c1-5(2)4-13-11-8(10-12-13)7(14)6(3)9/h5-7,14H,4,9H2,1-3H3. The quantitative estimate of drug-likeness (QED) is 0.695. The van der Waals surface area contributed by atoms with Crippen molar-refractivity contribution in [1.82, 2.24) is 20.2 Å². The summed E-state index contributed by atoms with van der Waals surface area (Å²) in [5.74, 6) is 0.741. The van der Waals surface area contributed by atoms with E-state index in [1.54, 1.807) is 6.92 Å². The summed E-state index contributed by atoms with van der Waals surface area (Å²) in [5, 5.41) is 21.1. The molecule has 0 bridgehead atoms. The highest BCUT2D eigenvalue weighted by molar-refractivity contribution is 4.88. The summed E-state index contributed by atoms with van der Waals surface area (Å²) >= 11 is 0. The monoisotopic (exact) mass is 199 g/mol. The summed E-state index contributed by atoms with van der Waals surface area (Å²) < 4.78 is 0. The highest BCUT2D eigenvalue weighted by Crippen LogP contribution is 2.08. The van der Waals surface area contributed by atoms with Gasteiger partial charge in [0.1, 0.15) is 6.10 Å². The van der Waals surface area contributed by atoms with Crippen molar-refractivity contribution in [3.63, 3.8) is 0 Å². The van der Waals surface area contributed by atoms with Gasteiger partial charge in [-0.15, -0.1) is 10.2 Å². The van der Waals surface area contributed by atoms with Crippen molar-refractivity contribution in [2.75, 3.05) is 0 Å². The van der Waals surface area contributed by atoms with Gasteiger partial charge in [0.2, 0.25) is 5.82 Å². The Hall–Kier alpha value is -1.01. The number of hydrogen-bond donors (Lipinski definition) is 2. The van der Waals surface area contributed by atoms with Crippen LogP contribution < -0.4 is 5.73 Å². The van der Waals surface area contributed by atoms with E-state index in [0.29, 0.717) is 18.3 Å². The molecule has 1 heterocycles. The van der Waals surface area contributed by atoms with E-state index in [0.717, 1.165) is 0 Å². The normalized spacial score (nSPS) is 15.9. The molecule has 2 atom stereocenters. The lowest BCUT2D eigenvalue weighted by atomic mass is 10.2. The Morgan fingerprint density at radius 2 is 2.07 bits per heavy atom. The fourth-order valence-corrected chi connectivity index (χ4v) is 1.01. The third kappa shape index (κ3) is 2.74. The lowest BCUT2D eigenvalue weighted by Crippen LogP contribution is -2.25. The molecule has 0 saturated carbocycles. The molecule has 6 nitrogen and oxygen atoms in total. The maximum atomic E-state index is 9.54. The van der Waals surface area contributed by atoms with Gasteiger partial charge in [0.05, 0.1) is 6.54 Å². The zero-order chi connectivity index (χ0) is 10.7. The van der Waals surface area contributed by atoms with E-state index in [2.05, 4.69) is 29.3 Å². The number of tetrazole rings is 1. The van der Waals surface area contributed by atoms with Crippen LogP contribution in [-0.4, -0.2) is 31.4 Å². The van der Waals surface area contributed by atoms with Gasteiger partial charge in [-0.2, -0.15) is 4.80 Å². The van der Waals surface area contributed by atoms with Crippen molar-refractivity contribution < 1.29 is 5.11 Å². The fourth-order valence-electron chi connectivity index (χ4n) is 1.01. The molecule has 0 fully saturated rings. The molecule has 0 saturated heterocycles. The molecule has 3 N–H and O–H groups in total. The molecule has 0 aliphatic heterocycles. The van der Waals surface area contributed by atoms with Crippen LogP contribution in [0, 0.1) is 5.92 Å². The van der Waals surface area contributed by atoms with Gasteiger partial charge >= 0.3 is 0 Å². The van der Waals surface area contributed by atoms with Gasteiger partial charge in [-0.3, -0.25) is 0 Å². The molecule has 0 aliphatic carbocycles. The van der Waals surface area contributed by atoms with Crippen LogP contribution in [0.15, 0.2) is 0 Å². The van der Waals surface area contributed by atoms with Crippen LogP contribution in [0.1, 0.15) is 32.7 Å². The van der Waals surface area contributed by atoms with Crippen LogP contribution in [0.2, 0.25) is 0 Å². The highest BCUT2D eigenvalue weighted by atomic mass is 16.3. The Kier molecular flexibility index (Phi) is 3.54. The predicted octanol–water partition coefficient (Wildman–Crippen LogP) is -0.290. The van der Waals surface area contributed by atoms with E-state index in [-0.39, 0.29) is 6.04 Å². The van der Waals surface area contributed by atoms with Crippen molar-refractivity contribution in [2.24, 2.45) is 11.7 Å². The van der Waals surface area contributed by atoms with E-state index in [1.807, 2.05) is 0 Å². The van der Waals surface area contributed by atoms with Crippen molar-refractivity contribution >= 4 is 0 Å². The largest absolute Gasteiger partial charge is 0.383 e. The molecule has 2 unspecified atom stereocenters. The zero-order valence-corrected chi connectivity index (χ0v) is 8.75. The minimum Gasteiger partial charge on any atom is -0.383 e. The molecule has 1 aromatic rings. The summed E-state index contributed by atoms with van der Waals surface area (Å²) in [6.45, 7) is 6.52. The van der Waals surface area contributed by atoms with E-state index in [4.69, 9.17) is 5.73 Å². The molecule has 1 rings (SSSR count). The number of nitrogens with two attached hydrogens (primary N) is 1. The Balaban J connectivity index is 2.67. The number of aliphatic hydroxyl groups excluding tert-OH is 1.